The predicted octanol–water partition coefficient (Wildman–Crippen LogP) is 2.43. The molecular weight excluding hydrogens is 364 g/mol. The lowest BCUT2D eigenvalue weighted by Gasteiger charge is -2.20. The van der Waals surface area contributed by atoms with Gasteiger partial charge in [-0.3, -0.25) is 4.79 Å². The molecule has 1 heterocycles. The van der Waals surface area contributed by atoms with Crippen LogP contribution in [0.25, 0.3) is 0 Å². The van der Waals surface area contributed by atoms with Gasteiger partial charge >= 0.3 is 12.1 Å². The van der Waals surface area contributed by atoms with Crippen LogP contribution in [0.3, 0.4) is 0 Å². The van der Waals surface area contributed by atoms with E-state index in [2.05, 4.69) is 10.1 Å². The summed E-state index contributed by atoms with van der Waals surface area (Å²) in [5.41, 5.74) is 1.16. The fourth-order valence-corrected chi connectivity index (χ4v) is 2.87. The molecule has 0 aliphatic carbocycles. The van der Waals surface area contributed by atoms with E-state index in [0.29, 0.717) is 38.1 Å². The summed E-state index contributed by atoms with van der Waals surface area (Å²) in [4.78, 5) is 37.2. The summed E-state index contributed by atoms with van der Waals surface area (Å²) in [6.07, 6.45) is 0.998. The minimum absolute atomic E-state index is 0.0187. The Hall–Kier alpha value is -2.77. The molecule has 1 aromatic carbocycles. The summed E-state index contributed by atoms with van der Waals surface area (Å²) >= 11 is 0. The Balaban J connectivity index is 1.85. The van der Waals surface area contributed by atoms with E-state index in [1.165, 1.54) is 7.11 Å². The summed E-state index contributed by atoms with van der Waals surface area (Å²) < 4.78 is 15.3. The second-order valence-electron chi connectivity index (χ2n) is 7.45. The van der Waals surface area contributed by atoms with Gasteiger partial charge in [-0.1, -0.05) is 6.07 Å². The molecule has 8 nitrogen and oxygen atoms in total. The van der Waals surface area contributed by atoms with E-state index in [4.69, 9.17) is 9.47 Å². The van der Waals surface area contributed by atoms with Crippen molar-refractivity contribution < 1.29 is 28.6 Å². The van der Waals surface area contributed by atoms with Crippen LogP contribution in [0.4, 0.5) is 10.5 Å². The molecule has 154 valence electrons. The molecule has 2 rings (SSSR count). The lowest BCUT2D eigenvalue weighted by Crippen LogP contribution is -2.34. The van der Waals surface area contributed by atoms with Gasteiger partial charge in [-0.25, -0.2) is 9.59 Å². The van der Waals surface area contributed by atoms with Crippen LogP contribution in [-0.4, -0.2) is 50.4 Å². The first kappa shape index (κ1) is 21.5. The first-order chi connectivity index (χ1) is 13.2. The molecule has 1 aliphatic heterocycles. The van der Waals surface area contributed by atoms with Gasteiger partial charge in [0.15, 0.2) is 6.61 Å². The number of carbonyl (C=O) groups is 3. The number of hydrogen-bond acceptors (Lipinski definition) is 6. The Labute approximate surface area is 165 Å². The normalized spacial score (nSPS) is 12.9. The van der Waals surface area contributed by atoms with Gasteiger partial charge < -0.3 is 24.4 Å². The van der Waals surface area contributed by atoms with Crippen molar-refractivity contribution >= 4 is 23.7 Å². The zero-order valence-corrected chi connectivity index (χ0v) is 16.9. The molecule has 1 aliphatic rings. The van der Waals surface area contributed by atoms with Gasteiger partial charge in [0.05, 0.1) is 12.8 Å². The fraction of sp³-hybridized carbons (Fsp3) is 0.550. The molecule has 0 atom stereocenters. The topological polar surface area (TPSA) is 94.2 Å². The van der Waals surface area contributed by atoms with E-state index >= 15 is 0 Å². The van der Waals surface area contributed by atoms with Crippen molar-refractivity contribution in [3.8, 4) is 5.75 Å². The molecule has 1 N–H and O–H groups in total. The minimum Gasteiger partial charge on any atom is -0.482 e. The van der Waals surface area contributed by atoms with E-state index < -0.39 is 17.7 Å². The monoisotopic (exact) mass is 392 g/mol. The second kappa shape index (κ2) is 9.43. The standard InChI is InChI=1S/C20H28N2O6/c1-20(2,3)28-19(25)21-11-6-9-17(23)22-12-10-14-15(22)7-5-8-16(14)27-13-18(24)26-4/h5,7-8H,6,9-13H2,1-4H3,(H,21,25). The Morgan fingerprint density at radius 3 is 2.64 bits per heavy atom. The number of carbonyl (C=O) groups excluding carboxylic acids is 3. The molecule has 0 spiro atoms. The van der Waals surface area contributed by atoms with Gasteiger partial charge in [-0.05, 0) is 45.7 Å². The highest BCUT2D eigenvalue weighted by Crippen LogP contribution is 2.35. The van der Waals surface area contributed by atoms with Crippen molar-refractivity contribution in [1.82, 2.24) is 5.32 Å². The van der Waals surface area contributed by atoms with Gasteiger partial charge in [0.2, 0.25) is 5.91 Å². The molecule has 28 heavy (non-hydrogen) atoms. The van der Waals surface area contributed by atoms with Crippen LogP contribution in [0.1, 0.15) is 39.2 Å². The SMILES string of the molecule is COC(=O)COc1cccc2c1CCN2C(=O)CCCNC(=O)OC(C)(C)C. The Kier molecular flexibility index (Phi) is 7.25. The van der Waals surface area contributed by atoms with E-state index in [1.807, 2.05) is 6.07 Å². The van der Waals surface area contributed by atoms with Crippen LogP contribution < -0.4 is 15.0 Å². The van der Waals surface area contributed by atoms with E-state index in [9.17, 15) is 14.4 Å². The number of nitrogens with one attached hydrogen (secondary N) is 1. The molecule has 0 fully saturated rings. The van der Waals surface area contributed by atoms with Gasteiger partial charge in [-0.15, -0.1) is 0 Å². The molecule has 2 amide bonds. The van der Waals surface area contributed by atoms with Crippen molar-refractivity contribution in [3.63, 3.8) is 0 Å². The average Bonchev–Trinajstić information content (AvgIpc) is 3.06. The maximum absolute atomic E-state index is 12.6. The number of methoxy groups -OCH3 is 1. The lowest BCUT2D eigenvalue weighted by atomic mass is 10.1. The number of amides is 2. The summed E-state index contributed by atoms with van der Waals surface area (Å²) in [5.74, 6) is 0.112. The van der Waals surface area contributed by atoms with Crippen molar-refractivity contribution in [2.45, 2.75) is 45.6 Å². The molecule has 0 saturated heterocycles. The quantitative estimate of drug-likeness (QED) is 0.566. The fourth-order valence-electron chi connectivity index (χ4n) is 2.87. The number of benzene rings is 1. The smallest absolute Gasteiger partial charge is 0.407 e. The average molecular weight is 392 g/mol. The van der Waals surface area contributed by atoms with Crippen LogP contribution in [0.5, 0.6) is 5.75 Å². The molecule has 1 aromatic rings. The third kappa shape index (κ3) is 6.14. The van der Waals surface area contributed by atoms with Gasteiger partial charge in [0, 0.05) is 25.1 Å². The van der Waals surface area contributed by atoms with Crippen molar-refractivity contribution in [1.29, 1.82) is 0 Å². The maximum Gasteiger partial charge on any atom is 0.407 e. The second-order valence-corrected chi connectivity index (χ2v) is 7.45. The number of fused-ring (bicyclic) bond motifs is 1. The molecule has 8 heteroatoms. The first-order valence-electron chi connectivity index (χ1n) is 9.30. The first-order valence-corrected chi connectivity index (χ1v) is 9.30. The predicted molar refractivity (Wildman–Crippen MR) is 103 cm³/mol. The van der Waals surface area contributed by atoms with Crippen LogP contribution in [0.15, 0.2) is 18.2 Å². The highest BCUT2D eigenvalue weighted by molar-refractivity contribution is 5.96. The van der Waals surface area contributed by atoms with Crippen molar-refractivity contribution in [2.24, 2.45) is 0 Å². The number of hydrogen-bond donors (Lipinski definition) is 1. The zero-order valence-electron chi connectivity index (χ0n) is 16.9. The van der Waals surface area contributed by atoms with Crippen LogP contribution >= 0.6 is 0 Å². The van der Waals surface area contributed by atoms with Gasteiger partial charge in [0.1, 0.15) is 11.4 Å². The minimum atomic E-state index is -0.549. The molecule has 0 unspecified atom stereocenters. The largest absolute Gasteiger partial charge is 0.482 e. The summed E-state index contributed by atoms with van der Waals surface area (Å²) in [7, 11) is 1.30. The Bertz CT molecular complexity index is 726. The number of esters is 1. The molecule has 0 aromatic heterocycles. The summed E-state index contributed by atoms with van der Waals surface area (Å²) in [6.45, 7) is 6.14. The summed E-state index contributed by atoms with van der Waals surface area (Å²) in [5, 5.41) is 2.65. The maximum atomic E-state index is 12.6. The van der Waals surface area contributed by atoms with E-state index in [1.54, 1.807) is 37.8 Å². The molecular formula is C20H28N2O6. The van der Waals surface area contributed by atoms with Crippen molar-refractivity contribution in [2.75, 3.05) is 31.7 Å². The highest BCUT2D eigenvalue weighted by atomic mass is 16.6. The third-order valence-electron chi connectivity index (χ3n) is 4.09. The Morgan fingerprint density at radius 1 is 1.21 bits per heavy atom. The number of nitrogens with zero attached hydrogens (tertiary/aromatic N) is 1. The zero-order chi connectivity index (χ0) is 20.7. The van der Waals surface area contributed by atoms with E-state index in [0.717, 1.165) is 11.3 Å². The Morgan fingerprint density at radius 2 is 1.96 bits per heavy atom. The number of ether oxygens (including phenoxy) is 3. The van der Waals surface area contributed by atoms with Gasteiger partial charge in [-0.2, -0.15) is 0 Å². The number of alkyl carbamates (subject to hydrolysis) is 1. The highest BCUT2D eigenvalue weighted by Gasteiger charge is 2.27. The molecule has 0 bridgehead atoms. The number of anilines is 1. The third-order valence-corrected chi connectivity index (χ3v) is 4.09. The number of rotatable bonds is 7. The molecule has 0 saturated carbocycles. The van der Waals surface area contributed by atoms with Crippen LogP contribution in [-0.2, 0) is 25.5 Å². The van der Waals surface area contributed by atoms with Crippen molar-refractivity contribution in [3.05, 3.63) is 23.8 Å². The van der Waals surface area contributed by atoms with Crippen LogP contribution in [0, 0.1) is 0 Å². The van der Waals surface area contributed by atoms with E-state index in [-0.39, 0.29) is 12.5 Å². The van der Waals surface area contributed by atoms with Crippen LogP contribution in [0.2, 0.25) is 0 Å². The lowest BCUT2D eigenvalue weighted by molar-refractivity contribution is -0.142. The molecule has 0 radical (unpaired) electrons. The van der Waals surface area contributed by atoms with Gasteiger partial charge in [0.25, 0.3) is 0 Å². The summed E-state index contributed by atoms with van der Waals surface area (Å²) in [6, 6.07) is 5.44.